The zero-order valence-corrected chi connectivity index (χ0v) is 7.37. The molecule has 1 aromatic heterocycles. The molecule has 0 radical (unpaired) electrons. The van der Waals surface area contributed by atoms with E-state index in [1.807, 2.05) is 19.9 Å². The molecule has 0 saturated carbocycles. The normalized spacial score (nSPS) is 9.58. The second kappa shape index (κ2) is 4.11. The summed E-state index contributed by atoms with van der Waals surface area (Å²) >= 11 is 0. The fraction of sp³-hybridized carbons (Fsp3) is 0.375. The van der Waals surface area contributed by atoms with Crippen molar-refractivity contribution in [3.05, 3.63) is 17.8 Å². The first-order valence-corrected chi connectivity index (χ1v) is 3.97. The van der Waals surface area contributed by atoms with Crippen LogP contribution in [0, 0.1) is 6.92 Å². The largest absolute Gasteiger partial charge is 0.478 e. The minimum Gasteiger partial charge on any atom is -0.478 e. The quantitative estimate of drug-likeness (QED) is 0.628. The van der Waals surface area contributed by atoms with Gasteiger partial charge in [-0.15, -0.1) is 0 Å². The molecule has 0 saturated heterocycles. The van der Waals surface area contributed by atoms with Crippen LogP contribution in [0.25, 0.3) is 0 Å². The molecule has 1 N–H and O–H groups in total. The van der Waals surface area contributed by atoms with Gasteiger partial charge in [0.25, 0.3) is 0 Å². The topological polar surface area (TPSA) is 42.4 Å². The molecular weight excluding hydrogens is 153 g/mol. The summed E-state index contributed by atoms with van der Waals surface area (Å²) in [6.45, 7) is 4.46. The van der Waals surface area contributed by atoms with E-state index in [0.29, 0.717) is 12.5 Å². The molecule has 0 unspecified atom stereocenters. The first-order chi connectivity index (χ1) is 5.77. The van der Waals surface area contributed by atoms with E-state index >= 15 is 0 Å². The van der Waals surface area contributed by atoms with E-state index in [4.69, 9.17) is 9.76 Å². The molecule has 1 heterocycles. The predicted octanol–water partition coefficient (Wildman–Crippen LogP) is -0.242. The number of aryl methyl sites for hydroxylation is 1. The van der Waals surface area contributed by atoms with Gasteiger partial charge in [0.05, 0.1) is 6.61 Å². The standard InChI is InChI=1S/C8H12BNO2/c1-3-12-8-4-6(2)7(9-11)5-10-8/h4-5,9,11H,3H2,1-2H3. The number of rotatable bonds is 3. The van der Waals surface area contributed by atoms with Crippen molar-refractivity contribution in [2.24, 2.45) is 0 Å². The summed E-state index contributed by atoms with van der Waals surface area (Å²) in [6, 6.07) is 1.83. The van der Waals surface area contributed by atoms with Gasteiger partial charge in [-0.3, -0.25) is 0 Å². The molecule has 0 spiro atoms. The molecule has 1 aromatic rings. The highest BCUT2D eigenvalue weighted by Crippen LogP contribution is 2.05. The molecule has 4 heteroatoms. The Bertz CT molecular complexity index is 265. The van der Waals surface area contributed by atoms with Crippen LogP contribution in [0.1, 0.15) is 12.5 Å². The fourth-order valence-electron chi connectivity index (χ4n) is 0.951. The van der Waals surface area contributed by atoms with Crippen molar-refractivity contribution in [1.82, 2.24) is 4.98 Å². The van der Waals surface area contributed by atoms with Crippen LogP contribution in [0.3, 0.4) is 0 Å². The van der Waals surface area contributed by atoms with Gasteiger partial charge in [0.15, 0.2) is 0 Å². The molecule has 0 aliphatic carbocycles. The van der Waals surface area contributed by atoms with Crippen molar-refractivity contribution in [3.63, 3.8) is 0 Å². The summed E-state index contributed by atoms with van der Waals surface area (Å²) in [5.74, 6) is 0.618. The molecule has 0 amide bonds. The van der Waals surface area contributed by atoms with Gasteiger partial charge in [-0.1, -0.05) is 0 Å². The second-order valence-corrected chi connectivity index (χ2v) is 2.54. The van der Waals surface area contributed by atoms with Crippen molar-refractivity contribution in [2.45, 2.75) is 13.8 Å². The highest BCUT2D eigenvalue weighted by Gasteiger charge is 2.01. The molecule has 0 fully saturated rings. The summed E-state index contributed by atoms with van der Waals surface area (Å²) in [6.07, 6.45) is 1.64. The lowest BCUT2D eigenvalue weighted by atomic mass is 9.87. The second-order valence-electron chi connectivity index (χ2n) is 2.54. The maximum atomic E-state index is 8.86. The van der Waals surface area contributed by atoms with Gasteiger partial charge in [-0.05, 0) is 24.9 Å². The third-order valence-electron chi connectivity index (χ3n) is 1.66. The fourth-order valence-corrected chi connectivity index (χ4v) is 0.951. The Labute approximate surface area is 72.7 Å². The lowest BCUT2D eigenvalue weighted by Crippen LogP contribution is -2.18. The molecule has 0 bridgehead atoms. The molecule has 0 aromatic carbocycles. The number of hydrogen-bond acceptors (Lipinski definition) is 3. The van der Waals surface area contributed by atoms with Crippen molar-refractivity contribution < 1.29 is 9.76 Å². The summed E-state index contributed by atoms with van der Waals surface area (Å²) in [7, 11) is 0.0330. The average molecular weight is 165 g/mol. The van der Waals surface area contributed by atoms with Gasteiger partial charge in [-0.2, -0.15) is 0 Å². The van der Waals surface area contributed by atoms with Crippen LogP contribution in [0.15, 0.2) is 12.3 Å². The van der Waals surface area contributed by atoms with Crippen LogP contribution >= 0.6 is 0 Å². The van der Waals surface area contributed by atoms with Crippen LogP contribution in [-0.4, -0.2) is 24.1 Å². The first-order valence-electron chi connectivity index (χ1n) is 3.97. The molecule has 0 aliphatic rings. The Hall–Kier alpha value is -1.03. The lowest BCUT2D eigenvalue weighted by Gasteiger charge is -2.04. The van der Waals surface area contributed by atoms with Crippen LogP contribution in [0.4, 0.5) is 0 Å². The van der Waals surface area contributed by atoms with E-state index in [-0.39, 0.29) is 7.48 Å². The van der Waals surface area contributed by atoms with E-state index in [1.54, 1.807) is 6.20 Å². The Morgan fingerprint density at radius 2 is 2.42 bits per heavy atom. The molecule has 0 aliphatic heterocycles. The number of ether oxygens (including phenoxy) is 1. The number of aromatic nitrogens is 1. The molecule has 1 rings (SSSR count). The first kappa shape index (κ1) is 9.07. The summed E-state index contributed by atoms with van der Waals surface area (Å²) in [4.78, 5) is 4.02. The van der Waals surface area contributed by atoms with Crippen LogP contribution in [0.2, 0.25) is 0 Å². The minimum absolute atomic E-state index is 0.0330. The van der Waals surface area contributed by atoms with Gasteiger partial charge in [0.2, 0.25) is 5.88 Å². The molecular formula is C8H12BNO2. The van der Waals surface area contributed by atoms with Gasteiger partial charge < -0.3 is 9.76 Å². The van der Waals surface area contributed by atoms with E-state index in [9.17, 15) is 0 Å². The van der Waals surface area contributed by atoms with Crippen LogP contribution in [-0.2, 0) is 0 Å². The van der Waals surface area contributed by atoms with Crippen molar-refractivity contribution >= 4 is 12.9 Å². The third kappa shape index (κ3) is 1.98. The van der Waals surface area contributed by atoms with Gasteiger partial charge in [0, 0.05) is 12.3 Å². The average Bonchev–Trinajstić information content (AvgIpc) is 2.05. The van der Waals surface area contributed by atoms with Crippen molar-refractivity contribution in [3.8, 4) is 5.88 Å². The van der Waals surface area contributed by atoms with Crippen molar-refractivity contribution in [2.75, 3.05) is 6.61 Å². The Morgan fingerprint density at radius 1 is 1.67 bits per heavy atom. The van der Waals surface area contributed by atoms with E-state index in [1.165, 1.54) is 0 Å². The SMILES string of the molecule is CCOc1cc(C)c(BO)cn1. The van der Waals surface area contributed by atoms with E-state index < -0.39 is 0 Å². The zero-order chi connectivity index (χ0) is 8.97. The number of nitrogens with zero attached hydrogens (tertiary/aromatic N) is 1. The summed E-state index contributed by atoms with van der Waals surface area (Å²) < 4.78 is 5.19. The molecule has 3 nitrogen and oxygen atoms in total. The van der Waals surface area contributed by atoms with Crippen LogP contribution in [0.5, 0.6) is 5.88 Å². The predicted molar refractivity (Wildman–Crippen MR) is 49.1 cm³/mol. The lowest BCUT2D eigenvalue weighted by molar-refractivity contribution is 0.327. The Balaban J connectivity index is 2.86. The van der Waals surface area contributed by atoms with Crippen molar-refractivity contribution in [1.29, 1.82) is 0 Å². The Kier molecular flexibility index (Phi) is 3.11. The van der Waals surface area contributed by atoms with E-state index in [0.717, 1.165) is 11.0 Å². The van der Waals surface area contributed by atoms with E-state index in [2.05, 4.69) is 4.98 Å². The highest BCUT2D eigenvalue weighted by molar-refractivity contribution is 6.46. The highest BCUT2D eigenvalue weighted by atomic mass is 16.5. The van der Waals surface area contributed by atoms with Crippen LogP contribution < -0.4 is 10.2 Å². The molecule has 0 atom stereocenters. The summed E-state index contributed by atoms with van der Waals surface area (Å²) in [5.41, 5.74) is 1.86. The smallest absolute Gasteiger partial charge is 0.306 e. The summed E-state index contributed by atoms with van der Waals surface area (Å²) in [5, 5.41) is 8.86. The molecule has 12 heavy (non-hydrogen) atoms. The monoisotopic (exact) mass is 165 g/mol. The Morgan fingerprint density at radius 3 is 2.92 bits per heavy atom. The third-order valence-corrected chi connectivity index (χ3v) is 1.66. The number of pyridine rings is 1. The van der Waals surface area contributed by atoms with Gasteiger partial charge in [0.1, 0.15) is 0 Å². The minimum atomic E-state index is 0.0330. The van der Waals surface area contributed by atoms with Gasteiger partial charge >= 0.3 is 7.48 Å². The number of hydrogen-bond donors (Lipinski definition) is 1. The maximum Gasteiger partial charge on any atom is 0.306 e. The zero-order valence-electron chi connectivity index (χ0n) is 7.37. The molecule has 64 valence electrons. The maximum absolute atomic E-state index is 8.86. The van der Waals surface area contributed by atoms with Gasteiger partial charge in [-0.25, -0.2) is 4.98 Å².